The van der Waals surface area contributed by atoms with Gasteiger partial charge in [0.15, 0.2) is 5.75 Å². The summed E-state index contributed by atoms with van der Waals surface area (Å²) in [7, 11) is -2.73. The summed E-state index contributed by atoms with van der Waals surface area (Å²) in [4.78, 5) is 16.2. The van der Waals surface area contributed by atoms with Gasteiger partial charge in [-0.1, -0.05) is 29.8 Å². The van der Waals surface area contributed by atoms with Crippen LogP contribution in [0, 0.1) is 6.92 Å². The number of rotatable bonds is 8. The molecule has 1 N–H and O–H groups in total. The topological polar surface area (TPSA) is 137 Å². The molecule has 0 spiro atoms. The van der Waals surface area contributed by atoms with Crippen LogP contribution in [0.5, 0.6) is 11.6 Å². The SMILES string of the molecule is CC[C@@H]1CN(Cc2cc(C(CC(=O)O)c3cc(OC(F)(F)F)c4c(nnn4C)c3C)cc3ccsc23)S(=O)(=O)c2cc(Cl)cnc2O1. The number of carbonyl (C=O) groups is 1. The first-order valence-electron chi connectivity index (χ1n) is 14.3. The second-order valence-corrected chi connectivity index (χ2v) is 14.4. The van der Waals surface area contributed by atoms with Crippen LogP contribution in [-0.2, 0) is 28.4 Å². The first kappa shape index (κ1) is 32.9. The van der Waals surface area contributed by atoms with Crippen LogP contribution >= 0.6 is 22.9 Å². The molecule has 1 aliphatic heterocycles. The molecule has 2 aromatic carbocycles. The lowest BCUT2D eigenvalue weighted by Crippen LogP contribution is -2.36. The highest BCUT2D eigenvalue weighted by molar-refractivity contribution is 7.89. The van der Waals surface area contributed by atoms with Crippen molar-refractivity contribution in [3.8, 4) is 11.6 Å². The highest BCUT2D eigenvalue weighted by Gasteiger charge is 2.37. The number of fused-ring (bicyclic) bond motifs is 3. The number of carboxylic acids is 1. The Labute approximate surface area is 275 Å². The summed E-state index contributed by atoms with van der Waals surface area (Å²) in [5, 5.41) is 20.6. The second-order valence-electron chi connectivity index (χ2n) is 11.1. The maximum atomic E-state index is 14.0. The number of aromatic nitrogens is 4. The maximum absolute atomic E-state index is 14.0. The quantitative estimate of drug-likeness (QED) is 0.194. The van der Waals surface area contributed by atoms with Gasteiger partial charge in [-0.3, -0.25) is 4.79 Å². The Morgan fingerprint density at radius 2 is 2.04 bits per heavy atom. The van der Waals surface area contributed by atoms with Gasteiger partial charge in [0.2, 0.25) is 15.9 Å². The molecule has 0 amide bonds. The van der Waals surface area contributed by atoms with Crippen molar-refractivity contribution < 1.29 is 41.0 Å². The molecular weight excluding hydrogens is 683 g/mol. The number of hydrogen-bond acceptors (Lipinski definition) is 9. The number of aliphatic carboxylic acids is 1. The number of ether oxygens (including phenoxy) is 2. The van der Waals surface area contributed by atoms with E-state index in [4.69, 9.17) is 16.3 Å². The number of hydrogen-bond donors (Lipinski definition) is 1. The third kappa shape index (κ3) is 6.34. The normalized spacial score (nSPS) is 17.3. The minimum Gasteiger partial charge on any atom is -0.481 e. The van der Waals surface area contributed by atoms with Gasteiger partial charge in [-0.05, 0) is 70.6 Å². The number of carboxylic acid groups (broad SMARTS) is 1. The summed E-state index contributed by atoms with van der Waals surface area (Å²) >= 11 is 7.50. The van der Waals surface area contributed by atoms with E-state index in [1.807, 2.05) is 18.4 Å². The molecule has 3 aromatic heterocycles. The number of pyridine rings is 1. The van der Waals surface area contributed by atoms with Gasteiger partial charge in [0.25, 0.3) is 0 Å². The van der Waals surface area contributed by atoms with E-state index >= 15 is 0 Å². The zero-order valence-electron chi connectivity index (χ0n) is 25.1. The molecule has 47 heavy (non-hydrogen) atoms. The molecule has 0 saturated carbocycles. The molecule has 2 atom stereocenters. The lowest BCUT2D eigenvalue weighted by atomic mass is 9.84. The molecule has 1 unspecified atom stereocenters. The van der Waals surface area contributed by atoms with Gasteiger partial charge in [-0.15, -0.1) is 29.6 Å². The Morgan fingerprint density at radius 3 is 2.74 bits per heavy atom. The molecule has 0 radical (unpaired) electrons. The minimum atomic E-state index is -5.04. The maximum Gasteiger partial charge on any atom is 0.573 e. The molecular formula is C30H27ClF3N5O6S2. The van der Waals surface area contributed by atoms with E-state index in [2.05, 4.69) is 20.0 Å². The zero-order chi connectivity index (χ0) is 33.8. The van der Waals surface area contributed by atoms with E-state index in [-0.39, 0.29) is 45.5 Å². The van der Waals surface area contributed by atoms with Crippen molar-refractivity contribution in [3.63, 3.8) is 0 Å². The summed E-state index contributed by atoms with van der Waals surface area (Å²) in [6, 6.07) is 7.75. The molecule has 4 heterocycles. The molecule has 5 aromatic rings. The van der Waals surface area contributed by atoms with Crippen molar-refractivity contribution >= 4 is 60.0 Å². The third-order valence-electron chi connectivity index (χ3n) is 8.06. The number of benzene rings is 2. The summed E-state index contributed by atoms with van der Waals surface area (Å²) in [5.74, 6) is -2.78. The number of sulfonamides is 1. The first-order chi connectivity index (χ1) is 22.2. The predicted molar refractivity (Wildman–Crippen MR) is 167 cm³/mol. The molecule has 0 aliphatic carbocycles. The third-order valence-corrected chi connectivity index (χ3v) is 11.1. The van der Waals surface area contributed by atoms with Crippen molar-refractivity contribution in [3.05, 3.63) is 69.2 Å². The van der Waals surface area contributed by atoms with E-state index < -0.39 is 46.5 Å². The zero-order valence-corrected chi connectivity index (χ0v) is 27.5. The second kappa shape index (κ2) is 12.2. The van der Waals surface area contributed by atoms with Gasteiger partial charge < -0.3 is 14.6 Å². The molecule has 0 bridgehead atoms. The number of alkyl halides is 3. The fraction of sp³-hybridized carbons (Fsp3) is 0.333. The van der Waals surface area contributed by atoms with Crippen molar-refractivity contribution in [2.75, 3.05) is 6.54 Å². The number of thiophene rings is 1. The van der Waals surface area contributed by atoms with E-state index in [0.29, 0.717) is 28.5 Å². The van der Waals surface area contributed by atoms with E-state index in [1.165, 1.54) is 41.0 Å². The summed E-state index contributed by atoms with van der Waals surface area (Å²) in [6.45, 7) is 3.39. The van der Waals surface area contributed by atoms with Crippen LogP contribution < -0.4 is 9.47 Å². The Balaban J connectivity index is 1.51. The summed E-state index contributed by atoms with van der Waals surface area (Å²) in [5.41, 5.74) is 1.84. The van der Waals surface area contributed by atoms with Crippen molar-refractivity contribution in [2.24, 2.45) is 7.05 Å². The predicted octanol–water partition coefficient (Wildman–Crippen LogP) is 6.41. The standard InChI is InChI=1S/C30H27ClF3N5O6S2/c1-4-20-14-39(47(42,43)24-9-19(31)12-35-29(24)44-20)13-18-8-17(7-16-5-6-46-28(16)18)22(11-25(40)41)21-10-23(45-30(32,33)34)27-26(15(21)2)36-37-38(27)3/h5-10,12,20,22H,4,11,13-14H2,1-3H3,(H,40,41)/t20-,22?/m1/s1. The van der Waals surface area contributed by atoms with Crippen molar-refractivity contribution in [1.29, 1.82) is 0 Å². The van der Waals surface area contributed by atoms with Crippen LogP contribution in [0.4, 0.5) is 13.2 Å². The molecule has 17 heteroatoms. The van der Waals surface area contributed by atoms with Gasteiger partial charge in [-0.2, -0.15) is 4.31 Å². The van der Waals surface area contributed by atoms with Gasteiger partial charge in [0.05, 0.1) is 18.0 Å². The van der Waals surface area contributed by atoms with Gasteiger partial charge in [0, 0.05) is 30.4 Å². The molecule has 0 saturated heterocycles. The molecule has 248 valence electrons. The average Bonchev–Trinajstić information content (AvgIpc) is 3.61. The summed E-state index contributed by atoms with van der Waals surface area (Å²) in [6.07, 6.45) is -4.25. The Bertz CT molecular complexity index is 2140. The first-order valence-corrected chi connectivity index (χ1v) is 17.0. The van der Waals surface area contributed by atoms with Gasteiger partial charge in [-0.25, -0.2) is 18.1 Å². The smallest absolute Gasteiger partial charge is 0.481 e. The van der Waals surface area contributed by atoms with E-state index in [9.17, 15) is 31.5 Å². The Kier molecular flexibility index (Phi) is 8.57. The van der Waals surface area contributed by atoms with Crippen LogP contribution in [0.1, 0.15) is 47.9 Å². The lowest BCUT2D eigenvalue weighted by Gasteiger charge is -2.24. The molecule has 0 fully saturated rings. The van der Waals surface area contributed by atoms with Crippen LogP contribution in [0.3, 0.4) is 0 Å². The summed E-state index contributed by atoms with van der Waals surface area (Å²) < 4.78 is 82.0. The lowest BCUT2D eigenvalue weighted by molar-refractivity contribution is -0.274. The van der Waals surface area contributed by atoms with E-state index in [1.54, 1.807) is 19.1 Å². The number of halogens is 4. The average molecular weight is 710 g/mol. The van der Waals surface area contributed by atoms with Crippen molar-refractivity contribution in [2.45, 2.75) is 56.5 Å². The van der Waals surface area contributed by atoms with Crippen LogP contribution in [0.25, 0.3) is 21.1 Å². The largest absolute Gasteiger partial charge is 0.573 e. The minimum absolute atomic E-state index is 0.000526. The molecule has 11 nitrogen and oxygen atoms in total. The number of nitrogens with zero attached hydrogens (tertiary/aromatic N) is 5. The fourth-order valence-corrected chi connectivity index (χ4v) is 8.54. The monoisotopic (exact) mass is 709 g/mol. The number of aryl methyl sites for hydroxylation is 2. The highest BCUT2D eigenvalue weighted by Crippen LogP contribution is 2.42. The van der Waals surface area contributed by atoms with Gasteiger partial charge >= 0.3 is 12.3 Å². The van der Waals surface area contributed by atoms with Crippen LogP contribution in [-0.4, -0.2) is 62.8 Å². The van der Waals surface area contributed by atoms with E-state index in [0.717, 1.165) is 9.38 Å². The van der Waals surface area contributed by atoms with Crippen LogP contribution in [0.2, 0.25) is 5.02 Å². The fourth-order valence-electron chi connectivity index (χ4n) is 5.88. The Hall–Kier alpha value is -3.99. The van der Waals surface area contributed by atoms with Crippen molar-refractivity contribution in [1.82, 2.24) is 24.3 Å². The Morgan fingerprint density at radius 1 is 1.28 bits per heavy atom. The molecule has 6 rings (SSSR count). The van der Waals surface area contributed by atoms with Crippen LogP contribution in [0.15, 0.2) is 46.8 Å². The highest BCUT2D eigenvalue weighted by atomic mass is 35.5. The van der Waals surface area contributed by atoms with Gasteiger partial charge in [0.1, 0.15) is 22.0 Å². The molecule has 1 aliphatic rings.